The van der Waals surface area contributed by atoms with Crippen LogP contribution in [0, 0.1) is 0 Å². The van der Waals surface area contributed by atoms with Crippen molar-refractivity contribution < 1.29 is 4.79 Å². The van der Waals surface area contributed by atoms with Gasteiger partial charge in [-0.05, 0) is 37.8 Å². The second-order valence-corrected chi connectivity index (χ2v) is 7.56. The van der Waals surface area contributed by atoms with Gasteiger partial charge < -0.3 is 5.73 Å². The Labute approximate surface area is 157 Å². The van der Waals surface area contributed by atoms with Gasteiger partial charge in [-0.15, -0.1) is 11.3 Å². The minimum absolute atomic E-state index is 0.109. The maximum Gasteiger partial charge on any atom is 0.225 e. The predicted molar refractivity (Wildman–Crippen MR) is 104 cm³/mol. The molecule has 6 nitrogen and oxygen atoms in total. The van der Waals surface area contributed by atoms with Crippen molar-refractivity contribution in [3.8, 4) is 0 Å². The SMILES string of the molecule is CCCCn1nc(CC(N)=O)nc1CCCCc1nc2ccccc2s1. The van der Waals surface area contributed by atoms with Gasteiger partial charge in [-0.3, -0.25) is 4.79 Å². The number of nitrogens with zero attached hydrogens (tertiary/aromatic N) is 4. The Morgan fingerprint density at radius 3 is 2.73 bits per heavy atom. The van der Waals surface area contributed by atoms with Crippen molar-refractivity contribution >= 4 is 27.5 Å². The van der Waals surface area contributed by atoms with Crippen molar-refractivity contribution in [2.24, 2.45) is 5.73 Å². The van der Waals surface area contributed by atoms with Gasteiger partial charge in [-0.2, -0.15) is 5.10 Å². The number of hydrogen-bond acceptors (Lipinski definition) is 5. The summed E-state index contributed by atoms with van der Waals surface area (Å²) in [6.45, 7) is 2.99. The summed E-state index contributed by atoms with van der Waals surface area (Å²) in [7, 11) is 0. The molecule has 0 bridgehead atoms. The number of thiazole rings is 1. The lowest BCUT2D eigenvalue weighted by Gasteiger charge is -2.04. The number of primary amides is 1. The van der Waals surface area contributed by atoms with Gasteiger partial charge in [0.15, 0.2) is 5.82 Å². The quantitative estimate of drug-likeness (QED) is 0.554. The van der Waals surface area contributed by atoms with Gasteiger partial charge in [0.25, 0.3) is 0 Å². The number of aromatic nitrogens is 4. The van der Waals surface area contributed by atoms with Crippen LogP contribution in [0.3, 0.4) is 0 Å². The molecule has 1 amide bonds. The van der Waals surface area contributed by atoms with Gasteiger partial charge in [0, 0.05) is 13.0 Å². The Hall–Kier alpha value is -2.28. The third-order valence-corrected chi connectivity index (χ3v) is 5.32. The molecule has 26 heavy (non-hydrogen) atoms. The monoisotopic (exact) mass is 371 g/mol. The lowest BCUT2D eigenvalue weighted by Crippen LogP contribution is -2.14. The average molecular weight is 372 g/mol. The van der Waals surface area contributed by atoms with E-state index in [1.165, 1.54) is 9.71 Å². The fraction of sp³-hybridized carbons (Fsp3) is 0.474. The molecule has 1 aromatic carbocycles. The second kappa shape index (κ2) is 8.89. The first-order valence-corrected chi connectivity index (χ1v) is 10.0. The number of rotatable bonds is 10. The molecule has 3 rings (SSSR count). The van der Waals surface area contributed by atoms with Crippen molar-refractivity contribution in [2.75, 3.05) is 0 Å². The molecule has 0 unspecified atom stereocenters. The third kappa shape index (κ3) is 4.88. The number of unbranched alkanes of at least 4 members (excludes halogenated alkanes) is 2. The summed E-state index contributed by atoms with van der Waals surface area (Å²) < 4.78 is 3.19. The van der Waals surface area contributed by atoms with Crippen molar-refractivity contribution in [1.29, 1.82) is 0 Å². The smallest absolute Gasteiger partial charge is 0.225 e. The maximum absolute atomic E-state index is 11.1. The van der Waals surface area contributed by atoms with E-state index in [2.05, 4.69) is 40.2 Å². The van der Waals surface area contributed by atoms with E-state index in [0.717, 1.165) is 56.4 Å². The number of carbonyl (C=O) groups is 1. The molecule has 0 aliphatic rings. The van der Waals surface area contributed by atoms with Crippen molar-refractivity contribution in [1.82, 2.24) is 19.7 Å². The number of aryl methyl sites for hydroxylation is 3. The summed E-state index contributed by atoms with van der Waals surface area (Å²) in [5.41, 5.74) is 6.35. The van der Waals surface area contributed by atoms with Gasteiger partial charge in [-0.1, -0.05) is 25.5 Å². The summed E-state index contributed by atoms with van der Waals surface area (Å²) in [6, 6.07) is 8.26. The van der Waals surface area contributed by atoms with E-state index >= 15 is 0 Å². The van der Waals surface area contributed by atoms with Crippen LogP contribution in [0.2, 0.25) is 0 Å². The van der Waals surface area contributed by atoms with Crippen LogP contribution < -0.4 is 5.73 Å². The Kier molecular flexibility index (Phi) is 6.33. The molecule has 2 aromatic heterocycles. The van der Waals surface area contributed by atoms with E-state index in [1.54, 1.807) is 11.3 Å². The molecule has 0 saturated heterocycles. The van der Waals surface area contributed by atoms with Gasteiger partial charge >= 0.3 is 0 Å². The molecule has 0 saturated carbocycles. The molecule has 2 heterocycles. The number of amides is 1. The van der Waals surface area contributed by atoms with E-state index in [9.17, 15) is 4.79 Å². The van der Waals surface area contributed by atoms with E-state index in [1.807, 2.05) is 10.7 Å². The molecule has 7 heteroatoms. The fourth-order valence-electron chi connectivity index (χ4n) is 2.91. The number of para-hydroxylation sites is 1. The maximum atomic E-state index is 11.1. The van der Waals surface area contributed by atoms with Crippen LogP contribution in [-0.2, 0) is 30.6 Å². The van der Waals surface area contributed by atoms with E-state index in [-0.39, 0.29) is 12.3 Å². The number of carbonyl (C=O) groups excluding carboxylic acids is 1. The zero-order valence-electron chi connectivity index (χ0n) is 15.1. The summed E-state index contributed by atoms with van der Waals surface area (Å²) in [6.07, 6.45) is 6.19. The van der Waals surface area contributed by atoms with E-state index in [4.69, 9.17) is 5.73 Å². The van der Waals surface area contributed by atoms with Gasteiger partial charge in [0.2, 0.25) is 5.91 Å². The second-order valence-electron chi connectivity index (χ2n) is 6.45. The molecule has 0 aliphatic heterocycles. The fourth-order valence-corrected chi connectivity index (χ4v) is 3.92. The molecule has 0 fully saturated rings. The minimum atomic E-state index is -0.389. The van der Waals surface area contributed by atoms with Crippen molar-refractivity contribution in [3.05, 3.63) is 40.9 Å². The van der Waals surface area contributed by atoms with Gasteiger partial charge in [0.05, 0.1) is 21.6 Å². The van der Waals surface area contributed by atoms with Crippen LogP contribution in [0.15, 0.2) is 24.3 Å². The van der Waals surface area contributed by atoms with Crippen LogP contribution in [-0.4, -0.2) is 25.7 Å². The topological polar surface area (TPSA) is 86.7 Å². The van der Waals surface area contributed by atoms with Gasteiger partial charge in [-0.25, -0.2) is 14.6 Å². The summed E-state index contributed by atoms with van der Waals surface area (Å²) in [5.74, 6) is 1.11. The van der Waals surface area contributed by atoms with Crippen LogP contribution in [0.1, 0.15) is 49.3 Å². The molecular formula is C19H25N5OS. The predicted octanol–water partition coefficient (Wildman–Crippen LogP) is 3.28. The van der Waals surface area contributed by atoms with Crippen molar-refractivity contribution in [2.45, 2.75) is 58.4 Å². The molecule has 0 spiro atoms. The summed E-state index contributed by atoms with van der Waals surface area (Å²) >= 11 is 1.77. The zero-order chi connectivity index (χ0) is 18.4. The highest BCUT2D eigenvalue weighted by Gasteiger charge is 2.12. The summed E-state index contributed by atoms with van der Waals surface area (Å²) in [5, 5.41) is 5.64. The highest BCUT2D eigenvalue weighted by Crippen LogP contribution is 2.23. The van der Waals surface area contributed by atoms with Crippen LogP contribution in [0.4, 0.5) is 0 Å². The van der Waals surface area contributed by atoms with Crippen LogP contribution >= 0.6 is 11.3 Å². The summed E-state index contributed by atoms with van der Waals surface area (Å²) in [4.78, 5) is 20.3. The molecular weight excluding hydrogens is 346 g/mol. The van der Waals surface area contributed by atoms with Gasteiger partial charge in [0.1, 0.15) is 5.82 Å². The number of benzene rings is 1. The number of nitrogens with two attached hydrogens (primary N) is 1. The first-order chi connectivity index (χ1) is 12.7. The van der Waals surface area contributed by atoms with Crippen LogP contribution in [0.5, 0.6) is 0 Å². The third-order valence-electron chi connectivity index (χ3n) is 4.23. The Morgan fingerprint density at radius 2 is 1.96 bits per heavy atom. The molecule has 0 radical (unpaired) electrons. The Bertz CT molecular complexity index is 837. The highest BCUT2D eigenvalue weighted by molar-refractivity contribution is 7.18. The average Bonchev–Trinajstić information content (AvgIpc) is 3.19. The first kappa shape index (κ1) is 18.5. The molecule has 2 N–H and O–H groups in total. The highest BCUT2D eigenvalue weighted by atomic mass is 32.1. The van der Waals surface area contributed by atoms with Crippen molar-refractivity contribution in [3.63, 3.8) is 0 Å². The Morgan fingerprint density at radius 1 is 1.15 bits per heavy atom. The normalized spacial score (nSPS) is 11.3. The largest absolute Gasteiger partial charge is 0.369 e. The standard InChI is InChI=1S/C19H25N5OS/c1-2-3-12-24-18(22-17(23-24)13-16(20)25)10-6-7-11-19-21-14-8-4-5-9-15(14)26-19/h4-5,8-9H,2-3,6-7,10-13H2,1H3,(H2,20,25). The zero-order valence-corrected chi connectivity index (χ0v) is 16.0. The number of hydrogen-bond donors (Lipinski definition) is 1. The molecule has 0 aliphatic carbocycles. The molecule has 0 atom stereocenters. The lowest BCUT2D eigenvalue weighted by molar-refractivity contribution is -0.117. The van der Waals surface area contributed by atoms with E-state index in [0.29, 0.717) is 5.82 Å². The lowest BCUT2D eigenvalue weighted by atomic mass is 10.2. The molecule has 138 valence electrons. The number of fused-ring (bicyclic) bond motifs is 1. The Balaban J connectivity index is 1.55. The minimum Gasteiger partial charge on any atom is -0.369 e. The van der Waals surface area contributed by atoms with Crippen LogP contribution in [0.25, 0.3) is 10.2 Å². The molecule has 3 aromatic rings. The van der Waals surface area contributed by atoms with E-state index < -0.39 is 0 Å². The first-order valence-electron chi connectivity index (χ1n) is 9.21.